The Bertz CT molecular complexity index is 772. The molecule has 0 aliphatic carbocycles. The summed E-state index contributed by atoms with van der Waals surface area (Å²) in [5.74, 6) is 0.411. The van der Waals surface area contributed by atoms with Crippen molar-refractivity contribution in [2.75, 3.05) is 0 Å². The first kappa shape index (κ1) is 11.2. The fourth-order valence-electron chi connectivity index (χ4n) is 2.03. The Morgan fingerprint density at radius 3 is 2.61 bits per heavy atom. The minimum absolute atomic E-state index is 0.298. The number of nitrogens with zero attached hydrogens (tertiary/aromatic N) is 1. The number of hydrogen-bond donors (Lipinski definition) is 0. The molecule has 0 saturated carbocycles. The third kappa shape index (κ3) is 1.66. The van der Waals surface area contributed by atoms with E-state index in [9.17, 15) is 4.79 Å². The van der Waals surface area contributed by atoms with Gasteiger partial charge in [-0.25, -0.2) is 9.78 Å². The molecule has 90 valence electrons. The van der Waals surface area contributed by atoms with Gasteiger partial charge in [-0.2, -0.15) is 0 Å². The molecule has 0 spiro atoms. The van der Waals surface area contributed by atoms with Crippen molar-refractivity contribution < 1.29 is 4.42 Å². The normalized spacial score (nSPS) is 11.0. The maximum atomic E-state index is 11.9. The van der Waals surface area contributed by atoms with Gasteiger partial charge in [0.2, 0.25) is 0 Å². The molecule has 0 bridgehead atoms. The van der Waals surface area contributed by atoms with E-state index in [0.29, 0.717) is 11.3 Å². The van der Waals surface area contributed by atoms with Crippen LogP contribution in [0.1, 0.15) is 11.5 Å². The van der Waals surface area contributed by atoms with Crippen LogP contribution in [0.4, 0.5) is 0 Å². The SMILES string of the molecule is Cc1nc2sc(-c3ccccc3)c(C)c2c(=O)o1. The number of benzene rings is 1. The van der Waals surface area contributed by atoms with Gasteiger partial charge in [-0.15, -0.1) is 11.3 Å². The van der Waals surface area contributed by atoms with Crippen LogP contribution in [0.3, 0.4) is 0 Å². The molecule has 3 rings (SSSR count). The van der Waals surface area contributed by atoms with E-state index in [1.807, 2.05) is 37.3 Å². The smallest absolute Gasteiger partial charge is 0.348 e. The molecule has 2 aromatic heterocycles. The quantitative estimate of drug-likeness (QED) is 0.669. The Morgan fingerprint density at radius 1 is 1.17 bits per heavy atom. The highest BCUT2D eigenvalue weighted by atomic mass is 32.1. The van der Waals surface area contributed by atoms with Crippen molar-refractivity contribution in [2.45, 2.75) is 13.8 Å². The zero-order chi connectivity index (χ0) is 12.7. The maximum Gasteiger partial charge on any atom is 0.348 e. The third-order valence-corrected chi connectivity index (χ3v) is 4.10. The summed E-state index contributed by atoms with van der Waals surface area (Å²) in [4.78, 5) is 18.0. The Balaban J connectivity index is 2.37. The second kappa shape index (κ2) is 4.07. The number of thiophene rings is 1. The van der Waals surface area contributed by atoms with Crippen molar-refractivity contribution in [1.29, 1.82) is 0 Å². The summed E-state index contributed by atoms with van der Waals surface area (Å²) in [6.07, 6.45) is 0. The minimum atomic E-state index is -0.298. The summed E-state index contributed by atoms with van der Waals surface area (Å²) in [5, 5.41) is 0.601. The van der Waals surface area contributed by atoms with Crippen LogP contribution in [0.2, 0.25) is 0 Å². The standard InChI is InChI=1S/C14H11NO2S/c1-8-11-13(15-9(2)17-14(11)16)18-12(8)10-6-4-3-5-7-10/h3-7H,1-2H3. The minimum Gasteiger partial charge on any atom is -0.408 e. The van der Waals surface area contributed by atoms with Crippen LogP contribution in [0.25, 0.3) is 20.7 Å². The van der Waals surface area contributed by atoms with Gasteiger partial charge >= 0.3 is 5.63 Å². The second-order valence-electron chi connectivity index (χ2n) is 4.12. The van der Waals surface area contributed by atoms with Gasteiger partial charge in [-0.3, -0.25) is 0 Å². The maximum absolute atomic E-state index is 11.9. The Morgan fingerprint density at radius 2 is 1.89 bits per heavy atom. The molecule has 0 radical (unpaired) electrons. The van der Waals surface area contributed by atoms with E-state index in [1.165, 1.54) is 11.3 Å². The molecular formula is C14H11NO2S. The molecule has 0 fully saturated rings. The molecule has 0 saturated heterocycles. The summed E-state index contributed by atoms with van der Waals surface area (Å²) in [6, 6.07) is 10.0. The van der Waals surface area contributed by atoms with Gasteiger partial charge in [-0.05, 0) is 18.1 Å². The predicted molar refractivity (Wildman–Crippen MR) is 73.1 cm³/mol. The molecule has 0 unspecified atom stereocenters. The second-order valence-corrected chi connectivity index (χ2v) is 5.12. The van der Waals surface area contributed by atoms with Gasteiger partial charge in [0.05, 0.1) is 0 Å². The summed E-state index contributed by atoms with van der Waals surface area (Å²) >= 11 is 1.53. The first-order valence-corrected chi connectivity index (χ1v) is 6.45. The Kier molecular flexibility index (Phi) is 2.52. The van der Waals surface area contributed by atoms with E-state index in [-0.39, 0.29) is 5.63 Å². The summed E-state index contributed by atoms with van der Waals surface area (Å²) in [7, 11) is 0. The number of rotatable bonds is 1. The van der Waals surface area contributed by atoms with Gasteiger partial charge < -0.3 is 4.42 Å². The number of aryl methyl sites for hydroxylation is 2. The first-order chi connectivity index (χ1) is 8.66. The van der Waals surface area contributed by atoms with E-state index in [4.69, 9.17) is 4.42 Å². The van der Waals surface area contributed by atoms with E-state index in [2.05, 4.69) is 4.98 Å². The summed E-state index contributed by atoms with van der Waals surface area (Å²) in [6.45, 7) is 3.63. The van der Waals surface area contributed by atoms with Crippen LogP contribution in [-0.4, -0.2) is 4.98 Å². The van der Waals surface area contributed by atoms with E-state index in [1.54, 1.807) is 6.92 Å². The average molecular weight is 257 g/mol. The lowest BCUT2D eigenvalue weighted by Gasteiger charge is -1.97. The topological polar surface area (TPSA) is 43.1 Å². The van der Waals surface area contributed by atoms with Gasteiger partial charge in [-0.1, -0.05) is 30.3 Å². The fourth-order valence-corrected chi connectivity index (χ4v) is 3.25. The van der Waals surface area contributed by atoms with E-state index >= 15 is 0 Å². The van der Waals surface area contributed by atoms with Crippen molar-refractivity contribution in [3.05, 3.63) is 52.2 Å². The average Bonchev–Trinajstić information content (AvgIpc) is 2.67. The number of fused-ring (bicyclic) bond motifs is 1. The third-order valence-electron chi connectivity index (χ3n) is 2.87. The molecule has 0 amide bonds. The van der Waals surface area contributed by atoms with Crippen LogP contribution in [0.15, 0.2) is 39.5 Å². The van der Waals surface area contributed by atoms with Crippen molar-refractivity contribution >= 4 is 21.6 Å². The van der Waals surface area contributed by atoms with Gasteiger partial charge in [0.15, 0.2) is 5.89 Å². The van der Waals surface area contributed by atoms with Crippen molar-refractivity contribution in [2.24, 2.45) is 0 Å². The van der Waals surface area contributed by atoms with Crippen LogP contribution in [0.5, 0.6) is 0 Å². The predicted octanol–water partition coefficient (Wildman–Crippen LogP) is 3.53. The molecular weight excluding hydrogens is 246 g/mol. The lowest BCUT2D eigenvalue weighted by molar-refractivity contribution is 0.467. The molecule has 1 aromatic carbocycles. The molecule has 3 nitrogen and oxygen atoms in total. The molecule has 2 heterocycles. The molecule has 0 N–H and O–H groups in total. The number of hydrogen-bond acceptors (Lipinski definition) is 4. The zero-order valence-electron chi connectivity index (χ0n) is 10.1. The summed E-state index contributed by atoms with van der Waals surface area (Å²) in [5.41, 5.74) is 1.76. The Hall–Kier alpha value is -1.94. The van der Waals surface area contributed by atoms with E-state index < -0.39 is 0 Å². The number of aromatic nitrogens is 1. The molecule has 18 heavy (non-hydrogen) atoms. The lowest BCUT2D eigenvalue weighted by atomic mass is 10.1. The van der Waals surface area contributed by atoms with Gasteiger partial charge in [0.1, 0.15) is 10.2 Å². The fraction of sp³-hybridized carbons (Fsp3) is 0.143. The molecule has 4 heteroatoms. The molecule has 0 aliphatic heterocycles. The monoisotopic (exact) mass is 257 g/mol. The molecule has 0 aliphatic rings. The van der Waals surface area contributed by atoms with Crippen molar-refractivity contribution in [3.8, 4) is 10.4 Å². The molecule has 0 atom stereocenters. The van der Waals surface area contributed by atoms with Gasteiger partial charge in [0, 0.05) is 11.8 Å². The lowest BCUT2D eigenvalue weighted by Crippen LogP contribution is -2.01. The highest BCUT2D eigenvalue weighted by Gasteiger charge is 2.15. The van der Waals surface area contributed by atoms with Crippen LogP contribution < -0.4 is 5.63 Å². The van der Waals surface area contributed by atoms with Crippen LogP contribution in [-0.2, 0) is 0 Å². The van der Waals surface area contributed by atoms with E-state index in [0.717, 1.165) is 20.8 Å². The van der Waals surface area contributed by atoms with Crippen molar-refractivity contribution in [3.63, 3.8) is 0 Å². The zero-order valence-corrected chi connectivity index (χ0v) is 10.9. The summed E-state index contributed by atoms with van der Waals surface area (Å²) < 4.78 is 5.06. The van der Waals surface area contributed by atoms with Crippen LogP contribution in [0, 0.1) is 13.8 Å². The van der Waals surface area contributed by atoms with Crippen LogP contribution >= 0.6 is 11.3 Å². The highest BCUT2D eigenvalue weighted by molar-refractivity contribution is 7.22. The van der Waals surface area contributed by atoms with Gasteiger partial charge in [0.25, 0.3) is 0 Å². The Labute approximate surface area is 108 Å². The first-order valence-electron chi connectivity index (χ1n) is 5.63. The van der Waals surface area contributed by atoms with Crippen molar-refractivity contribution in [1.82, 2.24) is 4.98 Å². The highest BCUT2D eigenvalue weighted by Crippen LogP contribution is 2.35. The largest absolute Gasteiger partial charge is 0.408 e. The molecule has 3 aromatic rings.